The van der Waals surface area contributed by atoms with Gasteiger partial charge in [-0.3, -0.25) is 4.79 Å². The highest BCUT2D eigenvalue weighted by atomic mass is 16.5. The number of nitrogens with one attached hydrogen (secondary N) is 1. The van der Waals surface area contributed by atoms with Gasteiger partial charge in [0.2, 0.25) is 5.91 Å². The lowest BCUT2D eigenvalue weighted by Gasteiger charge is -2.22. The van der Waals surface area contributed by atoms with Gasteiger partial charge in [0.1, 0.15) is 0 Å². The largest absolute Gasteiger partial charge is 0.381 e. The minimum Gasteiger partial charge on any atom is -0.381 e. The predicted octanol–water partition coefficient (Wildman–Crippen LogP) is 3.96. The van der Waals surface area contributed by atoms with E-state index >= 15 is 0 Å². The van der Waals surface area contributed by atoms with Crippen LogP contribution in [0.5, 0.6) is 0 Å². The summed E-state index contributed by atoms with van der Waals surface area (Å²) in [5, 5.41) is 3.09. The van der Waals surface area contributed by atoms with Gasteiger partial charge in [-0.2, -0.15) is 0 Å². The highest BCUT2D eigenvalue weighted by Crippen LogP contribution is 2.27. The minimum atomic E-state index is 0.132. The van der Waals surface area contributed by atoms with Crippen LogP contribution in [-0.2, 0) is 9.53 Å². The monoisotopic (exact) mass is 275 g/mol. The Hall–Kier alpha value is -1.35. The number of anilines is 1. The molecule has 3 heteroatoms. The topological polar surface area (TPSA) is 38.3 Å². The Balaban J connectivity index is 1.96. The molecule has 0 spiro atoms. The molecule has 2 rings (SSSR count). The van der Waals surface area contributed by atoms with E-state index in [2.05, 4.69) is 25.2 Å². The van der Waals surface area contributed by atoms with Crippen LogP contribution in [-0.4, -0.2) is 19.1 Å². The fourth-order valence-corrected chi connectivity index (χ4v) is 2.67. The van der Waals surface area contributed by atoms with Crippen molar-refractivity contribution in [2.45, 2.75) is 45.4 Å². The first-order chi connectivity index (χ1) is 9.70. The lowest BCUT2D eigenvalue weighted by molar-refractivity contribution is -0.117. The second-order valence-electron chi connectivity index (χ2n) is 5.70. The lowest BCUT2D eigenvalue weighted by atomic mass is 9.95. The molecule has 20 heavy (non-hydrogen) atoms. The minimum absolute atomic E-state index is 0.132. The zero-order valence-electron chi connectivity index (χ0n) is 12.5. The van der Waals surface area contributed by atoms with Gasteiger partial charge in [-0.1, -0.05) is 32.0 Å². The molecule has 110 valence electrons. The van der Waals surface area contributed by atoms with Crippen molar-refractivity contribution in [1.29, 1.82) is 0 Å². The SMILES string of the molecule is CCC(C)c1ccccc1NC(=O)CC1CCOCC1. The predicted molar refractivity (Wildman–Crippen MR) is 81.9 cm³/mol. The third kappa shape index (κ3) is 4.07. The number of amides is 1. The van der Waals surface area contributed by atoms with E-state index in [-0.39, 0.29) is 5.91 Å². The summed E-state index contributed by atoms with van der Waals surface area (Å²) in [6.07, 6.45) is 3.69. The Morgan fingerprint density at radius 1 is 1.35 bits per heavy atom. The smallest absolute Gasteiger partial charge is 0.224 e. The molecule has 1 aromatic carbocycles. The third-order valence-corrected chi connectivity index (χ3v) is 4.19. The molecule has 1 heterocycles. The van der Waals surface area contributed by atoms with Crippen molar-refractivity contribution in [3.63, 3.8) is 0 Å². The number of carbonyl (C=O) groups excluding carboxylic acids is 1. The fourth-order valence-electron chi connectivity index (χ4n) is 2.67. The van der Waals surface area contributed by atoms with Crippen LogP contribution in [0.4, 0.5) is 5.69 Å². The molecule has 0 bridgehead atoms. The molecule has 1 aliphatic heterocycles. The van der Waals surface area contributed by atoms with Gasteiger partial charge in [0.25, 0.3) is 0 Å². The van der Waals surface area contributed by atoms with E-state index in [1.165, 1.54) is 5.56 Å². The molecule has 0 aromatic heterocycles. The lowest BCUT2D eigenvalue weighted by Crippen LogP contribution is -2.22. The second kappa shape index (κ2) is 7.44. The van der Waals surface area contributed by atoms with E-state index < -0.39 is 0 Å². The number of para-hydroxylation sites is 1. The maximum atomic E-state index is 12.2. The van der Waals surface area contributed by atoms with Crippen molar-refractivity contribution < 1.29 is 9.53 Å². The summed E-state index contributed by atoms with van der Waals surface area (Å²) in [6, 6.07) is 8.13. The van der Waals surface area contributed by atoms with Crippen LogP contribution in [0.1, 0.15) is 51.0 Å². The molecule has 1 unspecified atom stereocenters. The van der Waals surface area contributed by atoms with Crippen LogP contribution in [0.2, 0.25) is 0 Å². The number of carbonyl (C=O) groups is 1. The molecule has 1 N–H and O–H groups in total. The zero-order chi connectivity index (χ0) is 14.4. The molecule has 1 aromatic rings. The van der Waals surface area contributed by atoms with Gasteiger partial charge in [-0.25, -0.2) is 0 Å². The summed E-state index contributed by atoms with van der Waals surface area (Å²) in [5.74, 6) is 1.07. The molecular formula is C17H25NO2. The first-order valence-electron chi connectivity index (χ1n) is 7.67. The van der Waals surface area contributed by atoms with Gasteiger partial charge in [-0.05, 0) is 42.7 Å². The van der Waals surface area contributed by atoms with Crippen LogP contribution in [0.3, 0.4) is 0 Å². The highest BCUT2D eigenvalue weighted by molar-refractivity contribution is 5.91. The van der Waals surface area contributed by atoms with E-state index in [0.717, 1.165) is 38.2 Å². The first kappa shape index (κ1) is 15.0. The number of hydrogen-bond acceptors (Lipinski definition) is 2. The van der Waals surface area contributed by atoms with Gasteiger partial charge in [0.05, 0.1) is 0 Å². The van der Waals surface area contributed by atoms with Gasteiger partial charge < -0.3 is 10.1 Å². The van der Waals surface area contributed by atoms with Crippen LogP contribution < -0.4 is 5.32 Å². The average molecular weight is 275 g/mol. The summed E-state index contributed by atoms with van der Waals surface area (Å²) in [4.78, 5) is 12.2. The average Bonchev–Trinajstić information content (AvgIpc) is 2.48. The second-order valence-corrected chi connectivity index (χ2v) is 5.70. The van der Waals surface area contributed by atoms with Crippen molar-refractivity contribution in [2.75, 3.05) is 18.5 Å². The van der Waals surface area contributed by atoms with Crippen LogP contribution in [0, 0.1) is 5.92 Å². The quantitative estimate of drug-likeness (QED) is 0.883. The molecule has 3 nitrogen and oxygen atoms in total. The molecular weight excluding hydrogens is 250 g/mol. The van der Waals surface area contributed by atoms with E-state index in [1.807, 2.05) is 18.2 Å². The fraction of sp³-hybridized carbons (Fsp3) is 0.588. The Labute approximate surface area is 121 Å². The number of ether oxygens (including phenoxy) is 1. The number of rotatable bonds is 5. The molecule has 0 radical (unpaired) electrons. The summed E-state index contributed by atoms with van der Waals surface area (Å²) < 4.78 is 5.33. The van der Waals surface area contributed by atoms with Crippen molar-refractivity contribution in [3.05, 3.63) is 29.8 Å². The van der Waals surface area contributed by atoms with Crippen LogP contribution in [0.15, 0.2) is 24.3 Å². The molecule has 0 aliphatic carbocycles. The highest BCUT2D eigenvalue weighted by Gasteiger charge is 2.18. The molecule has 1 saturated heterocycles. The van der Waals surface area contributed by atoms with Gasteiger partial charge in [-0.15, -0.1) is 0 Å². The van der Waals surface area contributed by atoms with E-state index in [0.29, 0.717) is 18.3 Å². The Kier molecular flexibility index (Phi) is 5.60. The van der Waals surface area contributed by atoms with Gasteiger partial charge >= 0.3 is 0 Å². The molecule has 0 saturated carbocycles. The van der Waals surface area contributed by atoms with Gasteiger partial charge in [0.15, 0.2) is 0 Å². The first-order valence-corrected chi connectivity index (χ1v) is 7.67. The number of hydrogen-bond donors (Lipinski definition) is 1. The Bertz CT molecular complexity index is 438. The van der Waals surface area contributed by atoms with E-state index in [9.17, 15) is 4.79 Å². The van der Waals surface area contributed by atoms with Crippen LogP contribution >= 0.6 is 0 Å². The molecule has 1 atom stereocenters. The van der Waals surface area contributed by atoms with Gasteiger partial charge in [0, 0.05) is 25.3 Å². The van der Waals surface area contributed by atoms with Crippen molar-refractivity contribution >= 4 is 11.6 Å². The van der Waals surface area contributed by atoms with Crippen molar-refractivity contribution in [1.82, 2.24) is 0 Å². The maximum absolute atomic E-state index is 12.2. The Morgan fingerprint density at radius 2 is 2.05 bits per heavy atom. The zero-order valence-corrected chi connectivity index (χ0v) is 12.5. The normalized spacial score (nSPS) is 17.7. The van der Waals surface area contributed by atoms with Crippen molar-refractivity contribution in [2.24, 2.45) is 5.92 Å². The summed E-state index contributed by atoms with van der Waals surface area (Å²) in [5.41, 5.74) is 2.20. The molecule has 1 amide bonds. The van der Waals surface area contributed by atoms with E-state index in [4.69, 9.17) is 4.74 Å². The summed E-state index contributed by atoms with van der Waals surface area (Å²) in [6.45, 7) is 5.96. The standard InChI is InChI=1S/C17H25NO2/c1-3-13(2)15-6-4-5-7-16(15)18-17(19)12-14-8-10-20-11-9-14/h4-7,13-14H,3,8-12H2,1-2H3,(H,18,19). The third-order valence-electron chi connectivity index (χ3n) is 4.19. The Morgan fingerprint density at radius 3 is 2.75 bits per heavy atom. The van der Waals surface area contributed by atoms with E-state index in [1.54, 1.807) is 0 Å². The summed E-state index contributed by atoms with van der Waals surface area (Å²) >= 11 is 0. The molecule has 1 fully saturated rings. The molecule has 1 aliphatic rings. The van der Waals surface area contributed by atoms with Crippen molar-refractivity contribution in [3.8, 4) is 0 Å². The number of benzene rings is 1. The summed E-state index contributed by atoms with van der Waals surface area (Å²) in [7, 11) is 0. The van der Waals surface area contributed by atoms with Crippen LogP contribution in [0.25, 0.3) is 0 Å². The maximum Gasteiger partial charge on any atom is 0.224 e.